The van der Waals surface area contributed by atoms with Crippen molar-refractivity contribution in [2.75, 3.05) is 31.1 Å². The van der Waals surface area contributed by atoms with Gasteiger partial charge in [0.1, 0.15) is 0 Å². The fourth-order valence-electron chi connectivity index (χ4n) is 4.61. The first kappa shape index (κ1) is 16.4. The van der Waals surface area contributed by atoms with E-state index in [2.05, 4.69) is 40.1 Å². The highest BCUT2D eigenvalue weighted by Gasteiger charge is 2.45. The zero-order valence-corrected chi connectivity index (χ0v) is 14.5. The molecule has 3 atom stereocenters. The molecule has 1 aromatic carbocycles. The molecule has 4 nitrogen and oxygen atoms in total. The molecule has 2 bridgehead atoms. The molecule has 1 aliphatic carbocycles. The third-order valence-electron chi connectivity index (χ3n) is 5.96. The van der Waals surface area contributed by atoms with Crippen molar-refractivity contribution < 1.29 is 9.84 Å². The van der Waals surface area contributed by atoms with E-state index in [0.717, 1.165) is 19.6 Å². The molecular formula is C20H30N2O2. The van der Waals surface area contributed by atoms with E-state index >= 15 is 0 Å². The molecule has 0 amide bonds. The Hall–Kier alpha value is -1.10. The number of aliphatic hydroxyl groups is 1. The summed E-state index contributed by atoms with van der Waals surface area (Å²) in [6.45, 7) is 3.43. The maximum absolute atomic E-state index is 10.4. The van der Waals surface area contributed by atoms with E-state index in [1.54, 1.807) is 0 Å². The third-order valence-corrected chi connectivity index (χ3v) is 5.96. The lowest BCUT2D eigenvalue weighted by Crippen LogP contribution is -2.70. The van der Waals surface area contributed by atoms with Gasteiger partial charge in [-0.1, -0.05) is 37.5 Å². The molecule has 3 saturated heterocycles. The van der Waals surface area contributed by atoms with Gasteiger partial charge in [-0.25, -0.2) is 0 Å². The van der Waals surface area contributed by atoms with Crippen LogP contribution in [0.1, 0.15) is 38.5 Å². The third kappa shape index (κ3) is 3.61. The van der Waals surface area contributed by atoms with Gasteiger partial charge in [0.15, 0.2) is 0 Å². The van der Waals surface area contributed by atoms with Gasteiger partial charge in [0.25, 0.3) is 0 Å². The lowest BCUT2D eigenvalue weighted by atomic mass is 9.86. The number of hydrogen-bond acceptors (Lipinski definition) is 4. The van der Waals surface area contributed by atoms with Crippen LogP contribution in [0.2, 0.25) is 0 Å². The van der Waals surface area contributed by atoms with Crippen molar-refractivity contribution in [3.8, 4) is 0 Å². The Morgan fingerprint density at radius 2 is 1.75 bits per heavy atom. The van der Waals surface area contributed by atoms with E-state index < -0.39 is 0 Å². The summed E-state index contributed by atoms with van der Waals surface area (Å²) in [5, 5.41) is 10.4. The minimum Gasteiger partial charge on any atom is -0.389 e. The molecule has 1 unspecified atom stereocenters. The second kappa shape index (κ2) is 7.42. The van der Waals surface area contributed by atoms with Crippen LogP contribution in [-0.2, 0) is 4.74 Å². The molecule has 132 valence electrons. The smallest absolute Gasteiger partial charge is 0.0900 e. The summed E-state index contributed by atoms with van der Waals surface area (Å²) >= 11 is 0. The number of hydrogen-bond donors (Lipinski definition) is 1. The molecule has 4 heteroatoms. The fourth-order valence-corrected chi connectivity index (χ4v) is 4.61. The molecular weight excluding hydrogens is 300 g/mol. The van der Waals surface area contributed by atoms with Crippen molar-refractivity contribution in [1.29, 1.82) is 0 Å². The Morgan fingerprint density at radius 1 is 1.04 bits per heavy atom. The Bertz CT molecular complexity index is 506. The van der Waals surface area contributed by atoms with Gasteiger partial charge in [-0.05, 0) is 31.4 Å². The van der Waals surface area contributed by atoms with Crippen molar-refractivity contribution in [2.45, 2.75) is 62.8 Å². The molecule has 0 radical (unpaired) electrons. The van der Waals surface area contributed by atoms with E-state index in [-0.39, 0.29) is 6.10 Å². The van der Waals surface area contributed by atoms with Crippen LogP contribution < -0.4 is 4.90 Å². The van der Waals surface area contributed by atoms with E-state index in [9.17, 15) is 5.11 Å². The van der Waals surface area contributed by atoms with Crippen LogP contribution in [0.25, 0.3) is 0 Å². The summed E-state index contributed by atoms with van der Waals surface area (Å²) in [4.78, 5) is 4.98. The number of ether oxygens (including phenoxy) is 1. The number of benzene rings is 1. The fraction of sp³-hybridized carbons (Fsp3) is 0.700. The van der Waals surface area contributed by atoms with Gasteiger partial charge in [-0.15, -0.1) is 0 Å². The summed E-state index contributed by atoms with van der Waals surface area (Å²) in [5.74, 6) is 0. The average molecular weight is 330 g/mol. The van der Waals surface area contributed by atoms with Gasteiger partial charge < -0.3 is 14.7 Å². The molecule has 3 heterocycles. The van der Waals surface area contributed by atoms with E-state index in [0.29, 0.717) is 24.8 Å². The van der Waals surface area contributed by atoms with Crippen molar-refractivity contribution >= 4 is 5.69 Å². The van der Waals surface area contributed by atoms with Gasteiger partial charge in [0.05, 0.1) is 18.8 Å². The summed E-state index contributed by atoms with van der Waals surface area (Å²) in [7, 11) is 0. The van der Waals surface area contributed by atoms with Gasteiger partial charge in [0, 0.05) is 37.4 Å². The molecule has 1 N–H and O–H groups in total. The van der Waals surface area contributed by atoms with E-state index in [1.807, 2.05) is 0 Å². The van der Waals surface area contributed by atoms with Crippen molar-refractivity contribution in [3.63, 3.8) is 0 Å². The maximum Gasteiger partial charge on any atom is 0.0900 e. The van der Waals surface area contributed by atoms with Crippen molar-refractivity contribution in [3.05, 3.63) is 30.3 Å². The van der Waals surface area contributed by atoms with E-state index in [1.165, 1.54) is 44.2 Å². The minimum atomic E-state index is -0.347. The standard InChI is InChI=1S/C20H30N2O2/c23-19(15-24-20-9-5-2-6-10-20)14-22-17-11-18(22)13-21(12-17)16-7-3-1-4-8-16/h1,3-4,7-8,17-20,23H,2,5-6,9-15H2/t17-,18+,19?. The van der Waals surface area contributed by atoms with E-state index in [4.69, 9.17) is 4.74 Å². The van der Waals surface area contributed by atoms with Crippen LogP contribution in [-0.4, -0.2) is 60.5 Å². The van der Waals surface area contributed by atoms with Gasteiger partial charge in [0.2, 0.25) is 0 Å². The summed E-state index contributed by atoms with van der Waals surface area (Å²) in [6, 6.07) is 11.9. The Morgan fingerprint density at radius 3 is 2.46 bits per heavy atom. The normalized spacial score (nSPS) is 29.3. The van der Waals surface area contributed by atoms with Crippen molar-refractivity contribution in [1.82, 2.24) is 4.90 Å². The van der Waals surface area contributed by atoms with Gasteiger partial charge in [-0.2, -0.15) is 0 Å². The molecule has 4 fully saturated rings. The highest BCUT2D eigenvalue weighted by atomic mass is 16.5. The molecule has 4 aliphatic rings. The van der Waals surface area contributed by atoms with Crippen LogP contribution in [0.15, 0.2) is 30.3 Å². The first-order valence-corrected chi connectivity index (χ1v) is 9.65. The number of nitrogens with zero attached hydrogens (tertiary/aromatic N) is 2. The topological polar surface area (TPSA) is 35.9 Å². The number of piperazine rings is 1. The number of rotatable bonds is 6. The van der Waals surface area contributed by atoms with Crippen LogP contribution in [0.3, 0.4) is 0 Å². The highest BCUT2D eigenvalue weighted by molar-refractivity contribution is 5.47. The summed E-state index contributed by atoms with van der Waals surface area (Å²) < 4.78 is 5.94. The predicted octanol–water partition coefficient (Wildman–Crippen LogP) is 2.66. The monoisotopic (exact) mass is 330 g/mol. The first-order chi connectivity index (χ1) is 11.8. The van der Waals surface area contributed by atoms with Gasteiger partial charge >= 0.3 is 0 Å². The quantitative estimate of drug-likeness (QED) is 0.870. The second-order valence-corrected chi connectivity index (χ2v) is 7.73. The number of anilines is 1. The SMILES string of the molecule is OC(COC1CCCCC1)CN1[C@@H]2C[C@H]1CN(c1ccccc1)C2. The molecule has 0 spiro atoms. The zero-order chi connectivity index (χ0) is 16.4. The molecule has 5 rings (SSSR count). The summed E-state index contributed by atoms with van der Waals surface area (Å²) in [5.41, 5.74) is 1.33. The molecule has 1 saturated carbocycles. The second-order valence-electron chi connectivity index (χ2n) is 7.73. The first-order valence-electron chi connectivity index (χ1n) is 9.65. The maximum atomic E-state index is 10.4. The van der Waals surface area contributed by atoms with Crippen molar-refractivity contribution in [2.24, 2.45) is 0 Å². The lowest BCUT2D eigenvalue weighted by molar-refractivity contribution is -0.0711. The van der Waals surface area contributed by atoms with Gasteiger partial charge in [-0.3, -0.25) is 4.90 Å². The Balaban J connectivity index is 1.22. The van der Waals surface area contributed by atoms with Crippen LogP contribution >= 0.6 is 0 Å². The molecule has 1 aromatic rings. The Kier molecular flexibility index (Phi) is 5.06. The van der Waals surface area contributed by atoms with Crippen LogP contribution in [0.4, 0.5) is 5.69 Å². The largest absolute Gasteiger partial charge is 0.389 e. The number of fused-ring (bicyclic) bond motifs is 2. The van der Waals surface area contributed by atoms with Crippen LogP contribution in [0, 0.1) is 0 Å². The predicted molar refractivity (Wildman–Crippen MR) is 96.4 cm³/mol. The molecule has 24 heavy (non-hydrogen) atoms. The van der Waals surface area contributed by atoms with Crippen LogP contribution in [0.5, 0.6) is 0 Å². The number of para-hydroxylation sites is 1. The number of aliphatic hydroxyl groups excluding tert-OH is 1. The average Bonchev–Trinajstić information content (AvgIpc) is 2.66. The molecule has 0 aromatic heterocycles. The number of piperidine rings is 1. The minimum absolute atomic E-state index is 0.347. The lowest BCUT2D eigenvalue weighted by Gasteiger charge is -2.57. The Labute approximate surface area is 145 Å². The molecule has 3 aliphatic heterocycles. The zero-order valence-electron chi connectivity index (χ0n) is 14.5. The summed E-state index contributed by atoms with van der Waals surface area (Å²) in [6.07, 6.45) is 7.58. The highest BCUT2D eigenvalue weighted by Crippen LogP contribution is 2.34.